The topological polar surface area (TPSA) is 43.3 Å². The number of imidazole rings is 1. The molecule has 1 aliphatic rings. The molecule has 2 N–H and O–H groups in total. The number of nitrogens with two attached hydrogens (primary N) is 1. The summed E-state index contributed by atoms with van der Waals surface area (Å²) in [5.41, 5.74) is 7.33. The van der Waals surface area contributed by atoms with Crippen LogP contribution < -0.4 is 5.73 Å². The first-order valence-corrected chi connectivity index (χ1v) is 8.52. The number of aromatic nitrogens is 2. The summed E-state index contributed by atoms with van der Waals surface area (Å²) in [6, 6.07) is 0.236. The van der Waals surface area contributed by atoms with E-state index < -0.39 is 0 Å². The lowest BCUT2D eigenvalue weighted by molar-refractivity contribution is 0.732. The second-order valence-electron chi connectivity index (χ2n) is 5.03. The Balaban J connectivity index is 1.50. The first-order valence-electron chi connectivity index (χ1n) is 6.59. The van der Waals surface area contributed by atoms with Gasteiger partial charge in [-0.25, -0.2) is 4.98 Å². The summed E-state index contributed by atoms with van der Waals surface area (Å²) in [6.45, 7) is 0. The molecule has 1 saturated carbocycles. The van der Waals surface area contributed by atoms with Crippen LogP contribution in [0, 0.1) is 0 Å². The fourth-order valence-electron chi connectivity index (χ4n) is 2.52. The molecule has 0 saturated heterocycles. The molecule has 1 atom stereocenters. The minimum Gasteiger partial charge on any atom is -0.327 e. The summed E-state index contributed by atoms with van der Waals surface area (Å²) in [4.78, 5) is 5.65. The van der Waals surface area contributed by atoms with E-state index in [1.54, 1.807) is 11.3 Å². The van der Waals surface area contributed by atoms with Crippen LogP contribution >= 0.6 is 23.1 Å². The number of hydrogen-bond donors (Lipinski definition) is 1. The molecule has 3 rings (SSSR count). The molecule has 0 amide bonds. The molecule has 3 nitrogen and oxygen atoms in total. The summed E-state index contributed by atoms with van der Waals surface area (Å²) in [5, 5.41) is 2.92. The molecule has 1 fully saturated rings. The van der Waals surface area contributed by atoms with Gasteiger partial charge in [0.05, 0.1) is 5.69 Å². The van der Waals surface area contributed by atoms with Crippen molar-refractivity contribution < 1.29 is 0 Å². The van der Waals surface area contributed by atoms with Crippen LogP contribution in [0.15, 0.2) is 17.8 Å². The highest BCUT2D eigenvalue weighted by molar-refractivity contribution is 7.99. The molecular weight excluding hydrogens is 262 g/mol. The van der Waals surface area contributed by atoms with E-state index in [-0.39, 0.29) is 6.04 Å². The van der Waals surface area contributed by atoms with E-state index in [2.05, 4.69) is 38.9 Å². The van der Waals surface area contributed by atoms with Crippen LogP contribution in [0.5, 0.6) is 0 Å². The maximum Gasteiger partial charge on any atom is 0.193 e. The standard InChI is InChI=1S/C13H19N3S2/c14-10(9-18-12-3-1-2-4-12)7-11-8-16-5-6-17-13(16)15-11/h5-6,8,10,12H,1-4,7,9,14H2. The second-order valence-corrected chi connectivity index (χ2v) is 7.24. The van der Waals surface area contributed by atoms with Gasteiger partial charge in [0.2, 0.25) is 0 Å². The average Bonchev–Trinajstić information content (AvgIpc) is 3.01. The fourth-order valence-corrected chi connectivity index (χ4v) is 4.54. The summed E-state index contributed by atoms with van der Waals surface area (Å²) < 4.78 is 2.08. The van der Waals surface area contributed by atoms with Crippen LogP contribution in [-0.4, -0.2) is 26.4 Å². The average molecular weight is 281 g/mol. The normalized spacial score (nSPS) is 18.7. The Labute approximate surface area is 116 Å². The monoisotopic (exact) mass is 281 g/mol. The molecule has 0 aliphatic heterocycles. The predicted molar refractivity (Wildman–Crippen MR) is 79.5 cm³/mol. The molecule has 0 radical (unpaired) electrons. The van der Waals surface area contributed by atoms with Crippen LogP contribution in [0.2, 0.25) is 0 Å². The summed E-state index contributed by atoms with van der Waals surface area (Å²) in [7, 11) is 0. The van der Waals surface area contributed by atoms with Crippen molar-refractivity contribution in [3.05, 3.63) is 23.5 Å². The molecule has 5 heteroatoms. The van der Waals surface area contributed by atoms with Crippen molar-refractivity contribution in [2.45, 2.75) is 43.4 Å². The van der Waals surface area contributed by atoms with Crippen molar-refractivity contribution in [1.82, 2.24) is 9.38 Å². The summed E-state index contributed by atoms with van der Waals surface area (Å²) >= 11 is 3.74. The van der Waals surface area contributed by atoms with Gasteiger partial charge in [-0.1, -0.05) is 12.8 Å². The Morgan fingerprint density at radius 2 is 2.33 bits per heavy atom. The highest BCUT2D eigenvalue weighted by Gasteiger charge is 2.17. The molecule has 0 spiro atoms. The highest BCUT2D eigenvalue weighted by Crippen LogP contribution is 2.29. The zero-order valence-electron chi connectivity index (χ0n) is 10.4. The Morgan fingerprint density at radius 3 is 3.11 bits per heavy atom. The molecule has 2 aromatic heterocycles. The van der Waals surface area contributed by atoms with E-state index in [4.69, 9.17) is 5.73 Å². The van der Waals surface area contributed by atoms with Crippen molar-refractivity contribution in [3.8, 4) is 0 Å². The van der Waals surface area contributed by atoms with Gasteiger partial charge < -0.3 is 5.73 Å². The van der Waals surface area contributed by atoms with Crippen molar-refractivity contribution in [3.63, 3.8) is 0 Å². The number of fused-ring (bicyclic) bond motifs is 1. The van der Waals surface area contributed by atoms with Gasteiger partial charge >= 0.3 is 0 Å². The number of thioether (sulfide) groups is 1. The van der Waals surface area contributed by atoms with Crippen LogP contribution in [0.4, 0.5) is 0 Å². The van der Waals surface area contributed by atoms with E-state index >= 15 is 0 Å². The number of hydrogen-bond acceptors (Lipinski definition) is 4. The lowest BCUT2D eigenvalue weighted by Gasteiger charge is -2.13. The first-order chi connectivity index (χ1) is 8.81. The van der Waals surface area contributed by atoms with E-state index in [0.29, 0.717) is 0 Å². The van der Waals surface area contributed by atoms with Gasteiger partial charge in [-0.05, 0) is 12.8 Å². The van der Waals surface area contributed by atoms with Crippen molar-refractivity contribution in [2.24, 2.45) is 5.73 Å². The van der Waals surface area contributed by atoms with Gasteiger partial charge in [0.15, 0.2) is 4.96 Å². The fraction of sp³-hybridized carbons (Fsp3) is 0.615. The largest absolute Gasteiger partial charge is 0.327 e. The molecule has 98 valence electrons. The molecule has 0 aromatic carbocycles. The van der Waals surface area contributed by atoms with Gasteiger partial charge in [-0.15, -0.1) is 11.3 Å². The molecule has 1 aliphatic carbocycles. The third-order valence-electron chi connectivity index (χ3n) is 3.46. The number of rotatable bonds is 5. The quantitative estimate of drug-likeness (QED) is 0.916. The number of nitrogens with zero attached hydrogens (tertiary/aromatic N) is 2. The van der Waals surface area contributed by atoms with Crippen LogP contribution in [0.3, 0.4) is 0 Å². The lowest BCUT2D eigenvalue weighted by Crippen LogP contribution is -2.26. The van der Waals surface area contributed by atoms with Crippen molar-refractivity contribution >= 4 is 28.1 Å². The van der Waals surface area contributed by atoms with E-state index in [0.717, 1.165) is 28.1 Å². The van der Waals surface area contributed by atoms with E-state index in [9.17, 15) is 0 Å². The van der Waals surface area contributed by atoms with Gasteiger partial charge in [0.25, 0.3) is 0 Å². The highest BCUT2D eigenvalue weighted by atomic mass is 32.2. The summed E-state index contributed by atoms with van der Waals surface area (Å²) in [6.07, 6.45) is 10.6. The maximum atomic E-state index is 6.21. The Bertz CT molecular complexity index is 471. The van der Waals surface area contributed by atoms with Crippen LogP contribution in [0.25, 0.3) is 4.96 Å². The zero-order valence-corrected chi connectivity index (χ0v) is 12.1. The number of thiazole rings is 1. The van der Waals surface area contributed by atoms with Crippen molar-refractivity contribution in [2.75, 3.05) is 5.75 Å². The molecular formula is C13H19N3S2. The van der Waals surface area contributed by atoms with Gasteiger partial charge in [-0.3, -0.25) is 4.40 Å². The second kappa shape index (κ2) is 5.63. The third-order valence-corrected chi connectivity index (χ3v) is 5.80. The van der Waals surface area contributed by atoms with Crippen molar-refractivity contribution in [1.29, 1.82) is 0 Å². The minimum atomic E-state index is 0.236. The van der Waals surface area contributed by atoms with Crippen LogP contribution in [-0.2, 0) is 6.42 Å². The van der Waals surface area contributed by atoms with Crippen LogP contribution in [0.1, 0.15) is 31.4 Å². The Morgan fingerprint density at radius 1 is 1.50 bits per heavy atom. The third kappa shape index (κ3) is 2.90. The Kier molecular flexibility index (Phi) is 3.91. The van der Waals surface area contributed by atoms with E-state index in [1.165, 1.54) is 25.7 Å². The molecule has 0 bridgehead atoms. The SMILES string of the molecule is NC(CSC1CCCC1)Cc1cn2ccsc2n1. The Hall–Kier alpha value is -0.520. The molecule has 18 heavy (non-hydrogen) atoms. The predicted octanol–water partition coefficient (Wildman–Crippen LogP) is 2.94. The van der Waals surface area contributed by atoms with Gasteiger partial charge in [0, 0.05) is 41.2 Å². The molecule has 1 unspecified atom stereocenters. The smallest absolute Gasteiger partial charge is 0.193 e. The zero-order chi connectivity index (χ0) is 12.4. The van der Waals surface area contributed by atoms with Gasteiger partial charge in [-0.2, -0.15) is 11.8 Å². The molecule has 2 heterocycles. The van der Waals surface area contributed by atoms with Gasteiger partial charge in [0.1, 0.15) is 0 Å². The van der Waals surface area contributed by atoms with E-state index in [1.807, 2.05) is 0 Å². The molecule has 2 aromatic rings. The summed E-state index contributed by atoms with van der Waals surface area (Å²) in [5.74, 6) is 1.07. The maximum absolute atomic E-state index is 6.21. The lowest BCUT2D eigenvalue weighted by atomic mass is 10.2. The minimum absolute atomic E-state index is 0.236. The first kappa shape index (κ1) is 12.5.